The Morgan fingerprint density at radius 2 is 2.09 bits per heavy atom. The molecule has 1 aliphatic heterocycles. The van der Waals surface area contributed by atoms with Gasteiger partial charge in [-0.15, -0.1) is 11.8 Å². The van der Waals surface area contributed by atoms with Gasteiger partial charge in [-0.05, 0) is 17.7 Å². The number of anilines is 1. The van der Waals surface area contributed by atoms with E-state index in [1.165, 1.54) is 10.5 Å². The second-order valence-corrected chi connectivity index (χ2v) is 6.78. The van der Waals surface area contributed by atoms with Crippen molar-refractivity contribution in [2.24, 2.45) is 0 Å². The van der Waals surface area contributed by atoms with Gasteiger partial charge in [-0.3, -0.25) is 4.98 Å². The largest absolute Gasteiger partial charge is 0.351 e. The third-order valence-corrected chi connectivity index (χ3v) is 5.23. The summed E-state index contributed by atoms with van der Waals surface area (Å²) >= 11 is 8.31. The van der Waals surface area contributed by atoms with Gasteiger partial charge in [-0.25, -0.2) is 4.98 Å². The molecular formula is C17H14ClN3S. The predicted molar refractivity (Wildman–Crippen MR) is 92.8 cm³/mol. The van der Waals surface area contributed by atoms with Crippen LogP contribution in [-0.4, -0.2) is 22.3 Å². The molecule has 5 heteroatoms. The number of halogens is 1. The van der Waals surface area contributed by atoms with E-state index in [1.807, 2.05) is 23.9 Å². The van der Waals surface area contributed by atoms with Crippen LogP contribution in [-0.2, 0) is 6.54 Å². The lowest BCUT2D eigenvalue weighted by molar-refractivity contribution is 0.821. The van der Waals surface area contributed by atoms with Gasteiger partial charge in [0, 0.05) is 47.6 Å². The Hall–Kier alpha value is -1.78. The molecule has 110 valence electrons. The van der Waals surface area contributed by atoms with Crippen LogP contribution in [0.5, 0.6) is 0 Å². The molecule has 0 amide bonds. The smallest absolute Gasteiger partial charge is 0.131 e. The van der Waals surface area contributed by atoms with Crippen LogP contribution < -0.4 is 4.90 Å². The van der Waals surface area contributed by atoms with E-state index in [9.17, 15) is 0 Å². The fourth-order valence-corrected chi connectivity index (χ4v) is 3.97. The summed E-state index contributed by atoms with van der Waals surface area (Å²) in [6.45, 7) is 1.82. The molecule has 0 saturated heterocycles. The van der Waals surface area contributed by atoms with Gasteiger partial charge in [0.1, 0.15) is 5.82 Å². The molecule has 0 radical (unpaired) electrons. The highest BCUT2D eigenvalue weighted by Crippen LogP contribution is 2.31. The van der Waals surface area contributed by atoms with Crippen LogP contribution in [0.3, 0.4) is 0 Å². The van der Waals surface area contributed by atoms with Crippen LogP contribution in [0.15, 0.2) is 53.7 Å². The summed E-state index contributed by atoms with van der Waals surface area (Å²) in [6, 6.07) is 12.4. The molecule has 4 rings (SSSR count). The minimum atomic E-state index is 0.707. The zero-order valence-corrected chi connectivity index (χ0v) is 13.4. The lowest BCUT2D eigenvalue weighted by Gasteiger charge is -2.22. The number of fused-ring (bicyclic) bond motifs is 2. The number of thioether (sulfide) groups is 1. The van der Waals surface area contributed by atoms with Crippen LogP contribution in [0, 0.1) is 0 Å². The van der Waals surface area contributed by atoms with Crippen molar-refractivity contribution in [2.45, 2.75) is 11.4 Å². The fraction of sp³-hybridized carbons (Fsp3) is 0.176. The Labute approximate surface area is 138 Å². The van der Waals surface area contributed by atoms with E-state index in [0.29, 0.717) is 5.02 Å². The summed E-state index contributed by atoms with van der Waals surface area (Å²) in [5.74, 6) is 1.98. The highest BCUT2D eigenvalue weighted by atomic mass is 35.5. The van der Waals surface area contributed by atoms with Gasteiger partial charge in [0.2, 0.25) is 0 Å². The lowest BCUT2D eigenvalue weighted by atomic mass is 10.2. The first-order chi connectivity index (χ1) is 10.8. The molecule has 0 saturated carbocycles. The highest BCUT2D eigenvalue weighted by molar-refractivity contribution is 7.99. The predicted octanol–water partition coefficient (Wildman–Crippen LogP) is 4.40. The van der Waals surface area contributed by atoms with Crippen LogP contribution >= 0.6 is 23.4 Å². The highest BCUT2D eigenvalue weighted by Gasteiger charge is 2.17. The van der Waals surface area contributed by atoms with Gasteiger partial charge in [-0.2, -0.15) is 0 Å². The number of hydrogen-bond acceptors (Lipinski definition) is 4. The van der Waals surface area contributed by atoms with Gasteiger partial charge < -0.3 is 4.90 Å². The first kappa shape index (κ1) is 13.9. The van der Waals surface area contributed by atoms with Crippen molar-refractivity contribution in [2.75, 3.05) is 17.2 Å². The topological polar surface area (TPSA) is 29.0 Å². The number of nitrogens with zero attached hydrogens (tertiary/aromatic N) is 3. The number of hydrogen-bond donors (Lipinski definition) is 0. The van der Waals surface area contributed by atoms with Crippen molar-refractivity contribution in [3.05, 3.63) is 59.4 Å². The van der Waals surface area contributed by atoms with Crippen molar-refractivity contribution >= 4 is 40.1 Å². The van der Waals surface area contributed by atoms with Crippen molar-refractivity contribution in [3.63, 3.8) is 0 Å². The van der Waals surface area contributed by atoms with E-state index in [-0.39, 0.29) is 0 Å². The number of rotatable bonds is 1. The SMILES string of the molecule is Clc1cc(N2CCSc3ccccc3C2)nc2ccncc12. The van der Waals surface area contributed by atoms with E-state index in [1.54, 1.807) is 12.4 Å². The number of benzene rings is 1. The lowest BCUT2D eigenvalue weighted by Crippen LogP contribution is -2.24. The Morgan fingerprint density at radius 1 is 1.18 bits per heavy atom. The second-order valence-electron chi connectivity index (χ2n) is 5.23. The molecule has 0 N–H and O–H groups in total. The molecule has 2 aromatic heterocycles. The average molecular weight is 328 g/mol. The second kappa shape index (κ2) is 5.78. The van der Waals surface area contributed by atoms with Gasteiger partial charge in [0.25, 0.3) is 0 Å². The van der Waals surface area contributed by atoms with Crippen LogP contribution in [0.1, 0.15) is 5.56 Å². The molecule has 3 aromatic rings. The standard InChI is InChI=1S/C17H14ClN3S/c18-14-9-17(20-15-5-6-19-10-13(14)15)21-7-8-22-16-4-2-1-3-12(16)11-21/h1-6,9-10H,7-8,11H2. The molecule has 0 atom stereocenters. The molecule has 3 heterocycles. The summed E-state index contributed by atoms with van der Waals surface area (Å²) in [5.41, 5.74) is 2.24. The molecule has 3 nitrogen and oxygen atoms in total. The molecule has 0 unspecified atom stereocenters. The quantitative estimate of drug-likeness (QED) is 0.662. The molecule has 0 fully saturated rings. The zero-order chi connectivity index (χ0) is 14.9. The Bertz CT molecular complexity index is 837. The van der Waals surface area contributed by atoms with Gasteiger partial charge in [0.15, 0.2) is 0 Å². The first-order valence-corrected chi connectivity index (χ1v) is 8.53. The molecular weight excluding hydrogens is 314 g/mol. The normalized spacial score (nSPS) is 14.7. The van der Waals surface area contributed by atoms with E-state index >= 15 is 0 Å². The van der Waals surface area contributed by atoms with Crippen molar-refractivity contribution in [3.8, 4) is 0 Å². The molecule has 22 heavy (non-hydrogen) atoms. The van der Waals surface area contributed by atoms with E-state index in [0.717, 1.165) is 35.6 Å². The number of pyridine rings is 2. The zero-order valence-electron chi connectivity index (χ0n) is 11.9. The Balaban J connectivity index is 1.75. The molecule has 0 spiro atoms. The minimum absolute atomic E-state index is 0.707. The van der Waals surface area contributed by atoms with Crippen molar-refractivity contribution < 1.29 is 0 Å². The summed E-state index contributed by atoms with van der Waals surface area (Å²) in [7, 11) is 0. The summed E-state index contributed by atoms with van der Waals surface area (Å²) in [6.07, 6.45) is 3.52. The maximum Gasteiger partial charge on any atom is 0.131 e. The summed E-state index contributed by atoms with van der Waals surface area (Å²) < 4.78 is 0. The molecule has 0 bridgehead atoms. The monoisotopic (exact) mass is 327 g/mol. The van der Waals surface area contributed by atoms with Gasteiger partial charge in [0.05, 0.1) is 10.5 Å². The van der Waals surface area contributed by atoms with E-state index in [2.05, 4.69) is 34.1 Å². The first-order valence-electron chi connectivity index (χ1n) is 7.17. The third kappa shape index (κ3) is 2.53. The molecule has 1 aromatic carbocycles. The van der Waals surface area contributed by atoms with Crippen LogP contribution in [0.4, 0.5) is 5.82 Å². The minimum Gasteiger partial charge on any atom is -0.351 e. The van der Waals surface area contributed by atoms with Crippen molar-refractivity contribution in [1.29, 1.82) is 0 Å². The van der Waals surface area contributed by atoms with Gasteiger partial charge >= 0.3 is 0 Å². The summed E-state index contributed by atoms with van der Waals surface area (Å²) in [5, 5.41) is 1.61. The fourth-order valence-electron chi connectivity index (χ4n) is 2.70. The van der Waals surface area contributed by atoms with E-state index in [4.69, 9.17) is 16.6 Å². The Morgan fingerprint density at radius 3 is 3.05 bits per heavy atom. The maximum absolute atomic E-state index is 6.41. The molecule has 0 aliphatic carbocycles. The van der Waals surface area contributed by atoms with Crippen LogP contribution in [0.2, 0.25) is 5.02 Å². The van der Waals surface area contributed by atoms with E-state index < -0.39 is 0 Å². The average Bonchev–Trinajstić information content (AvgIpc) is 2.77. The maximum atomic E-state index is 6.41. The summed E-state index contributed by atoms with van der Waals surface area (Å²) in [4.78, 5) is 12.5. The Kier molecular flexibility index (Phi) is 3.64. The van der Waals surface area contributed by atoms with Crippen LogP contribution in [0.25, 0.3) is 10.9 Å². The third-order valence-electron chi connectivity index (χ3n) is 3.82. The number of aromatic nitrogens is 2. The van der Waals surface area contributed by atoms with Crippen molar-refractivity contribution in [1.82, 2.24) is 9.97 Å². The molecule has 1 aliphatic rings. The van der Waals surface area contributed by atoms with Gasteiger partial charge in [-0.1, -0.05) is 29.8 Å².